The van der Waals surface area contributed by atoms with E-state index in [9.17, 15) is 19.5 Å². The van der Waals surface area contributed by atoms with Crippen molar-refractivity contribution >= 4 is 29.3 Å². The van der Waals surface area contributed by atoms with Crippen molar-refractivity contribution in [3.05, 3.63) is 132 Å². The Bertz CT molecular complexity index is 1540. The van der Waals surface area contributed by atoms with Gasteiger partial charge in [-0.1, -0.05) is 60.7 Å². The average molecular weight is 582 g/mol. The van der Waals surface area contributed by atoms with Gasteiger partial charge in [0.1, 0.15) is 18.1 Å². The molecule has 43 heavy (non-hydrogen) atoms. The summed E-state index contributed by atoms with van der Waals surface area (Å²) in [6.45, 7) is -0.147. The Kier molecular flexibility index (Phi) is 10.9. The number of anilines is 2. The molecule has 0 spiro atoms. The van der Waals surface area contributed by atoms with Crippen molar-refractivity contribution in [3.63, 3.8) is 0 Å². The van der Waals surface area contributed by atoms with Crippen LogP contribution in [0.15, 0.2) is 121 Å². The fourth-order valence-electron chi connectivity index (χ4n) is 3.99. The summed E-state index contributed by atoms with van der Waals surface area (Å²) in [5, 5.41) is 14.1. The molecule has 10 nitrogen and oxygen atoms in total. The van der Waals surface area contributed by atoms with E-state index in [4.69, 9.17) is 19.9 Å². The maximum atomic E-state index is 13.0. The zero-order chi connectivity index (χ0) is 30.4. The molecule has 0 aliphatic heterocycles. The standard InChI is InChI=1S/C33H31N3O7/c34-27-16-7-8-17-28(27)35-30(38)19-18-29(42-25-13-5-2-6-14-25)31(24-12-9-15-26(22-24)41-21-20-37)43-33(40)36-32(39)23-10-3-1-4-11-23/h1-19,22,29,31,37H,20-21,34H2,(H,35,38)(H,36,39,40)/b19-18+/t29-,31-/m1/s1. The van der Waals surface area contributed by atoms with E-state index in [1.54, 1.807) is 103 Å². The monoisotopic (exact) mass is 581 g/mol. The molecule has 2 atom stereocenters. The van der Waals surface area contributed by atoms with Crippen LogP contribution in [-0.2, 0) is 9.53 Å². The Labute approximate surface area is 248 Å². The van der Waals surface area contributed by atoms with Crippen molar-refractivity contribution < 1.29 is 33.7 Å². The SMILES string of the molecule is Nc1ccccc1NC(=O)/C=C/[C@@H](Oc1ccccc1)[C@H](OC(=O)NC(=O)c1ccccc1)c1cccc(OCCO)c1. The lowest BCUT2D eigenvalue weighted by Gasteiger charge is -2.26. The van der Waals surface area contributed by atoms with Gasteiger partial charge in [-0.3, -0.25) is 14.9 Å². The van der Waals surface area contributed by atoms with Crippen LogP contribution in [0.4, 0.5) is 16.2 Å². The molecule has 5 N–H and O–H groups in total. The van der Waals surface area contributed by atoms with Crippen molar-refractivity contribution in [3.8, 4) is 11.5 Å². The minimum absolute atomic E-state index is 0.0493. The third-order valence-corrected chi connectivity index (χ3v) is 6.00. The fraction of sp³-hybridized carbons (Fsp3) is 0.121. The quantitative estimate of drug-likeness (QED) is 0.137. The first-order chi connectivity index (χ1) is 20.9. The first-order valence-corrected chi connectivity index (χ1v) is 13.4. The minimum Gasteiger partial charge on any atom is -0.491 e. The molecule has 0 unspecified atom stereocenters. The Morgan fingerprint density at radius 2 is 1.51 bits per heavy atom. The largest absolute Gasteiger partial charge is 0.491 e. The van der Waals surface area contributed by atoms with Gasteiger partial charge < -0.3 is 30.4 Å². The van der Waals surface area contributed by atoms with Crippen LogP contribution in [0, 0.1) is 0 Å². The fourth-order valence-corrected chi connectivity index (χ4v) is 3.99. The summed E-state index contributed by atoms with van der Waals surface area (Å²) in [6.07, 6.45) is -0.550. The number of amides is 3. The molecule has 10 heteroatoms. The Morgan fingerprint density at radius 3 is 2.23 bits per heavy atom. The van der Waals surface area contributed by atoms with Crippen LogP contribution in [0.1, 0.15) is 22.0 Å². The van der Waals surface area contributed by atoms with Gasteiger partial charge in [-0.2, -0.15) is 0 Å². The lowest BCUT2D eigenvalue weighted by Crippen LogP contribution is -2.36. The predicted octanol–water partition coefficient (Wildman–Crippen LogP) is 4.89. The molecule has 0 aliphatic carbocycles. The van der Waals surface area contributed by atoms with E-state index in [2.05, 4.69) is 10.6 Å². The molecular formula is C33H31N3O7. The van der Waals surface area contributed by atoms with Gasteiger partial charge in [-0.05, 0) is 54.6 Å². The van der Waals surface area contributed by atoms with Crippen LogP contribution in [0.2, 0.25) is 0 Å². The number of ether oxygens (including phenoxy) is 3. The summed E-state index contributed by atoms with van der Waals surface area (Å²) in [7, 11) is 0. The number of benzene rings is 4. The molecule has 0 saturated heterocycles. The van der Waals surface area contributed by atoms with Crippen molar-refractivity contribution in [2.75, 3.05) is 24.3 Å². The van der Waals surface area contributed by atoms with Crippen molar-refractivity contribution in [1.82, 2.24) is 5.32 Å². The van der Waals surface area contributed by atoms with Crippen LogP contribution >= 0.6 is 0 Å². The molecule has 0 heterocycles. The molecule has 3 amide bonds. The highest BCUT2D eigenvalue weighted by molar-refractivity contribution is 6.03. The second-order valence-electron chi connectivity index (χ2n) is 9.12. The van der Waals surface area contributed by atoms with Gasteiger partial charge in [0.15, 0.2) is 12.2 Å². The van der Waals surface area contributed by atoms with E-state index >= 15 is 0 Å². The number of alkyl carbamates (subject to hydrolysis) is 1. The average Bonchev–Trinajstić information content (AvgIpc) is 3.03. The van der Waals surface area contributed by atoms with Gasteiger partial charge in [0, 0.05) is 17.2 Å². The van der Waals surface area contributed by atoms with Crippen LogP contribution in [0.25, 0.3) is 0 Å². The smallest absolute Gasteiger partial charge is 0.414 e. The first kappa shape index (κ1) is 30.4. The van der Waals surface area contributed by atoms with Gasteiger partial charge in [0.25, 0.3) is 5.91 Å². The number of nitrogen functional groups attached to an aromatic ring is 1. The van der Waals surface area contributed by atoms with Gasteiger partial charge in [0.2, 0.25) is 5.91 Å². The van der Waals surface area contributed by atoms with Crippen molar-refractivity contribution in [2.24, 2.45) is 0 Å². The van der Waals surface area contributed by atoms with E-state index < -0.39 is 30.1 Å². The summed E-state index contributed by atoms with van der Waals surface area (Å²) in [5.74, 6) is -0.310. The van der Waals surface area contributed by atoms with Gasteiger partial charge in [0.05, 0.1) is 18.0 Å². The van der Waals surface area contributed by atoms with Gasteiger partial charge in [-0.15, -0.1) is 0 Å². The lowest BCUT2D eigenvalue weighted by molar-refractivity contribution is -0.112. The molecule has 0 bridgehead atoms. The Balaban J connectivity index is 1.65. The van der Waals surface area contributed by atoms with Crippen LogP contribution in [0.3, 0.4) is 0 Å². The molecule has 4 aromatic carbocycles. The number of carbonyl (C=O) groups excluding carboxylic acids is 3. The third kappa shape index (κ3) is 9.20. The number of carbonyl (C=O) groups is 3. The number of para-hydroxylation sites is 3. The summed E-state index contributed by atoms with van der Waals surface area (Å²) in [6, 6.07) is 30.4. The summed E-state index contributed by atoms with van der Waals surface area (Å²) >= 11 is 0. The van der Waals surface area contributed by atoms with Crippen LogP contribution in [-0.4, -0.2) is 42.3 Å². The van der Waals surface area contributed by atoms with E-state index in [-0.39, 0.29) is 18.8 Å². The highest BCUT2D eigenvalue weighted by Gasteiger charge is 2.29. The third-order valence-electron chi connectivity index (χ3n) is 6.00. The molecule has 0 fully saturated rings. The number of aliphatic hydroxyl groups is 1. The number of hydrogen-bond acceptors (Lipinski definition) is 8. The highest BCUT2D eigenvalue weighted by atomic mass is 16.6. The van der Waals surface area contributed by atoms with E-state index in [0.717, 1.165) is 0 Å². The lowest BCUT2D eigenvalue weighted by atomic mass is 10.0. The zero-order valence-corrected chi connectivity index (χ0v) is 23.1. The van der Waals surface area contributed by atoms with Crippen LogP contribution < -0.4 is 25.8 Å². The summed E-state index contributed by atoms with van der Waals surface area (Å²) in [5.41, 5.74) is 7.48. The van der Waals surface area contributed by atoms with Gasteiger partial charge in [-0.25, -0.2) is 4.79 Å². The van der Waals surface area contributed by atoms with Gasteiger partial charge >= 0.3 is 6.09 Å². The molecular weight excluding hydrogens is 550 g/mol. The second-order valence-corrected chi connectivity index (χ2v) is 9.12. The molecule has 4 rings (SSSR count). The number of imide groups is 1. The first-order valence-electron chi connectivity index (χ1n) is 13.4. The molecule has 0 aromatic heterocycles. The number of rotatable bonds is 12. The van der Waals surface area contributed by atoms with Crippen molar-refractivity contribution in [2.45, 2.75) is 12.2 Å². The maximum Gasteiger partial charge on any atom is 0.414 e. The molecule has 0 radical (unpaired) electrons. The van der Waals surface area contributed by atoms with E-state index in [0.29, 0.717) is 28.4 Å². The van der Waals surface area contributed by atoms with E-state index in [1.165, 1.54) is 12.2 Å². The minimum atomic E-state index is -1.16. The number of aliphatic hydroxyl groups excluding tert-OH is 1. The van der Waals surface area contributed by atoms with E-state index in [1.807, 2.05) is 6.07 Å². The topological polar surface area (TPSA) is 149 Å². The second kappa shape index (κ2) is 15.4. The normalized spacial score (nSPS) is 12.1. The summed E-state index contributed by atoms with van der Waals surface area (Å²) in [4.78, 5) is 38.6. The number of nitrogens with one attached hydrogen (secondary N) is 2. The predicted molar refractivity (Wildman–Crippen MR) is 162 cm³/mol. The zero-order valence-electron chi connectivity index (χ0n) is 23.1. The van der Waals surface area contributed by atoms with Crippen molar-refractivity contribution in [1.29, 1.82) is 0 Å². The number of nitrogens with two attached hydrogens (primary N) is 1. The molecule has 0 saturated carbocycles. The molecule has 220 valence electrons. The maximum absolute atomic E-state index is 13.0. The number of hydrogen-bond donors (Lipinski definition) is 4. The highest BCUT2D eigenvalue weighted by Crippen LogP contribution is 2.29. The Morgan fingerprint density at radius 1 is 0.837 bits per heavy atom. The molecule has 0 aliphatic rings. The summed E-state index contributed by atoms with van der Waals surface area (Å²) < 4.78 is 17.5. The Hall–Kier alpha value is -5.61. The van der Waals surface area contributed by atoms with Crippen LogP contribution in [0.5, 0.6) is 11.5 Å². The molecule has 4 aromatic rings.